The molecule has 1 aromatic carbocycles. The highest BCUT2D eigenvalue weighted by molar-refractivity contribution is 6.15. The number of allylic oxidation sites excluding steroid dienone is 1. The van der Waals surface area contributed by atoms with E-state index in [1.165, 1.54) is 42.8 Å². The van der Waals surface area contributed by atoms with E-state index in [2.05, 4.69) is 15.0 Å². The van der Waals surface area contributed by atoms with E-state index in [9.17, 15) is 13.2 Å². The Morgan fingerprint density at radius 2 is 2.03 bits per heavy atom. The first-order valence-electron chi connectivity index (χ1n) is 9.23. The van der Waals surface area contributed by atoms with Gasteiger partial charge in [0.1, 0.15) is 18.0 Å². The van der Waals surface area contributed by atoms with Crippen molar-refractivity contribution in [1.29, 1.82) is 5.41 Å². The minimum absolute atomic E-state index is 0.0377. The van der Waals surface area contributed by atoms with E-state index in [0.29, 0.717) is 24.4 Å². The van der Waals surface area contributed by atoms with Gasteiger partial charge in [0.2, 0.25) is 0 Å². The molecule has 0 aliphatic carbocycles. The van der Waals surface area contributed by atoms with Crippen LogP contribution in [-0.2, 0) is 0 Å². The van der Waals surface area contributed by atoms with E-state index >= 15 is 0 Å². The number of nitrogens with one attached hydrogen (secondary N) is 1. The Bertz CT molecular complexity index is 1020. The summed E-state index contributed by atoms with van der Waals surface area (Å²) in [5, 5.41) is 8.52. The number of aliphatic imine (C=N–C) groups is 1. The normalized spacial score (nSPS) is 16.8. The van der Waals surface area contributed by atoms with Crippen LogP contribution in [-0.4, -0.2) is 48.0 Å². The highest BCUT2D eigenvalue weighted by Crippen LogP contribution is 2.30. The van der Waals surface area contributed by atoms with Crippen molar-refractivity contribution in [2.45, 2.75) is 18.8 Å². The van der Waals surface area contributed by atoms with E-state index in [4.69, 9.17) is 16.9 Å². The van der Waals surface area contributed by atoms with Crippen LogP contribution in [0.2, 0.25) is 0 Å². The van der Waals surface area contributed by atoms with Crippen molar-refractivity contribution in [3.63, 3.8) is 0 Å². The van der Waals surface area contributed by atoms with Gasteiger partial charge in [0.05, 0.1) is 18.0 Å². The zero-order valence-corrected chi connectivity index (χ0v) is 16.4. The fraction of sp³-hybridized carbons (Fsp3) is 0.300. The smallest absolute Gasteiger partial charge is 0.265 e. The molecule has 1 aromatic heterocycles. The van der Waals surface area contributed by atoms with Gasteiger partial charge >= 0.3 is 0 Å². The van der Waals surface area contributed by atoms with Crippen molar-refractivity contribution < 1.29 is 13.2 Å². The molecular weight excluding hydrogens is 395 g/mol. The molecule has 1 aliphatic heterocycles. The van der Waals surface area contributed by atoms with Gasteiger partial charge in [0, 0.05) is 60.9 Å². The molecule has 0 amide bonds. The molecule has 30 heavy (non-hydrogen) atoms. The number of nitrogen functional groups attached to an aromatic ring is 1. The predicted octanol–water partition coefficient (Wildman–Crippen LogP) is 2.85. The second kappa shape index (κ2) is 8.52. The summed E-state index contributed by atoms with van der Waals surface area (Å²) in [7, 11) is 1.52. The third kappa shape index (κ3) is 4.42. The Balaban J connectivity index is 1.97. The lowest BCUT2D eigenvalue weighted by molar-refractivity contribution is -0.0118. The van der Waals surface area contributed by atoms with Gasteiger partial charge in [-0.2, -0.15) is 0 Å². The van der Waals surface area contributed by atoms with Gasteiger partial charge in [-0.25, -0.2) is 23.1 Å². The van der Waals surface area contributed by atoms with Gasteiger partial charge in [-0.1, -0.05) is 0 Å². The van der Waals surface area contributed by atoms with Crippen molar-refractivity contribution >= 4 is 29.0 Å². The lowest BCUT2D eigenvalue weighted by Gasteiger charge is -2.33. The largest absolute Gasteiger partial charge is 0.404 e. The van der Waals surface area contributed by atoms with E-state index in [1.807, 2.05) is 0 Å². The van der Waals surface area contributed by atoms with Crippen molar-refractivity contribution in [2.75, 3.05) is 30.8 Å². The zero-order chi connectivity index (χ0) is 21.9. The zero-order valence-electron chi connectivity index (χ0n) is 16.4. The summed E-state index contributed by atoms with van der Waals surface area (Å²) in [6.45, 7) is -0.0101. The number of aromatic nitrogens is 2. The van der Waals surface area contributed by atoms with E-state index in [1.54, 1.807) is 0 Å². The summed E-state index contributed by atoms with van der Waals surface area (Å²) in [5.41, 5.74) is 12.3. The van der Waals surface area contributed by atoms with Gasteiger partial charge in [0.25, 0.3) is 5.92 Å². The summed E-state index contributed by atoms with van der Waals surface area (Å²) in [5.74, 6) is -3.11. The van der Waals surface area contributed by atoms with E-state index in [0.717, 1.165) is 6.07 Å². The first-order valence-corrected chi connectivity index (χ1v) is 9.23. The van der Waals surface area contributed by atoms with Crippen molar-refractivity contribution in [2.24, 2.45) is 10.7 Å². The molecule has 0 radical (unpaired) electrons. The van der Waals surface area contributed by atoms with Crippen LogP contribution in [0.4, 0.5) is 24.7 Å². The molecule has 2 heterocycles. The average Bonchev–Trinajstić information content (AvgIpc) is 2.71. The lowest BCUT2D eigenvalue weighted by Crippen LogP contribution is -2.43. The van der Waals surface area contributed by atoms with Crippen molar-refractivity contribution in [1.82, 2.24) is 9.97 Å². The minimum Gasteiger partial charge on any atom is -0.404 e. The molecule has 10 heteroatoms. The number of nitrogens with zero attached hydrogens (tertiary/aromatic N) is 4. The number of benzene rings is 1. The maximum atomic E-state index is 14.4. The molecule has 2 aromatic rings. The molecule has 1 aliphatic rings. The number of hydrogen-bond donors (Lipinski definition) is 3. The fourth-order valence-electron chi connectivity index (χ4n) is 3.32. The summed E-state index contributed by atoms with van der Waals surface area (Å²) in [6, 6.07) is 3.95. The fourth-order valence-corrected chi connectivity index (χ4v) is 3.32. The number of nitrogens with two attached hydrogens (primary N) is 2. The van der Waals surface area contributed by atoms with Crippen LogP contribution in [0.3, 0.4) is 0 Å². The Morgan fingerprint density at radius 1 is 1.27 bits per heavy atom. The maximum Gasteiger partial charge on any atom is 0.265 e. The van der Waals surface area contributed by atoms with Crippen molar-refractivity contribution in [3.05, 3.63) is 53.4 Å². The first kappa shape index (κ1) is 21.3. The number of hydrogen-bond acceptors (Lipinski definition) is 7. The number of halogens is 3. The molecule has 3 rings (SSSR count). The van der Waals surface area contributed by atoms with Crippen LogP contribution in [0.1, 0.15) is 29.7 Å². The molecule has 7 nitrogen and oxygen atoms in total. The first-order chi connectivity index (χ1) is 14.3. The summed E-state index contributed by atoms with van der Waals surface area (Å²) in [4.78, 5) is 13.5. The molecule has 0 unspecified atom stereocenters. The molecule has 1 fully saturated rings. The topological polar surface area (TPSA) is 117 Å². The second-order valence-electron chi connectivity index (χ2n) is 6.95. The molecule has 5 N–H and O–H groups in total. The van der Waals surface area contributed by atoms with Crippen molar-refractivity contribution in [3.8, 4) is 0 Å². The highest BCUT2D eigenvalue weighted by Gasteiger charge is 2.35. The minimum atomic E-state index is -2.79. The molecule has 0 saturated carbocycles. The monoisotopic (exact) mass is 417 g/mol. The standard InChI is InChI=1S/C20H22F3N7/c1-27-9-12(8-24)13-5-14(16(25)6-15(13)21)19(26)17-7-18(29-11-28-17)30-4-2-3-20(22,23)10-30/h5-9,11,26H,2-4,10,24-25H2,1H3. The predicted molar refractivity (Wildman–Crippen MR) is 112 cm³/mol. The second-order valence-corrected chi connectivity index (χ2v) is 6.95. The number of piperidine rings is 1. The van der Waals surface area contributed by atoms with Gasteiger partial charge in [-0.3, -0.25) is 10.4 Å². The van der Waals surface area contributed by atoms with Crippen LogP contribution in [0.15, 0.2) is 35.7 Å². The van der Waals surface area contributed by atoms with Gasteiger partial charge in [-0.05, 0) is 18.6 Å². The van der Waals surface area contributed by atoms with Crippen LogP contribution >= 0.6 is 0 Å². The summed E-state index contributed by atoms with van der Waals surface area (Å²) >= 11 is 0. The van der Waals surface area contributed by atoms with Crippen LogP contribution in [0.25, 0.3) is 5.57 Å². The highest BCUT2D eigenvalue weighted by atomic mass is 19.3. The Kier molecular flexibility index (Phi) is 6.04. The maximum absolute atomic E-state index is 14.4. The lowest BCUT2D eigenvalue weighted by atomic mass is 9.98. The molecular formula is C20H22F3N7. The third-order valence-electron chi connectivity index (χ3n) is 4.79. The molecule has 0 atom stereocenters. The van der Waals surface area contributed by atoms with Crippen LogP contribution in [0.5, 0.6) is 0 Å². The Morgan fingerprint density at radius 3 is 2.70 bits per heavy atom. The summed E-state index contributed by atoms with van der Waals surface area (Å²) < 4.78 is 42.0. The Labute approximate surface area is 171 Å². The van der Waals surface area contributed by atoms with Gasteiger partial charge in [-0.15, -0.1) is 0 Å². The van der Waals surface area contributed by atoms with Gasteiger partial charge < -0.3 is 16.4 Å². The third-order valence-corrected chi connectivity index (χ3v) is 4.79. The SMILES string of the molecule is CN=CC(=CN)c1cc(C(=N)c2cc(N3CCCC(F)(F)C3)ncn2)c(N)cc1F. The number of alkyl halides is 2. The Hall–Kier alpha value is -3.43. The molecule has 0 spiro atoms. The van der Waals surface area contributed by atoms with Crippen LogP contribution < -0.4 is 16.4 Å². The van der Waals surface area contributed by atoms with Gasteiger partial charge in [0.15, 0.2) is 0 Å². The molecule has 158 valence electrons. The molecule has 1 saturated heterocycles. The average molecular weight is 417 g/mol. The van der Waals surface area contributed by atoms with Crippen LogP contribution in [0, 0.1) is 11.2 Å². The quantitative estimate of drug-likeness (QED) is 0.511. The summed E-state index contributed by atoms with van der Waals surface area (Å²) in [6.07, 6.45) is 3.98. The number of anilines is 2. The molecule has 0 bridgehead atoms. The number of rotatable bonds is 5. The van der Waals surface area contributed by atoms with E-state index in [-0.39, 0.29) is 34.6 Å². The van der Waals surface area contributed by atoms with E-state index < -0.39 is 18.3 Å².